The molecule has 9 heteroatoms. The highest BCUT2D eigenvalue weighted by Crippen LogP contribution is 2.13. The van der Waals surface area contributed by atoms with E-state index in [1.807, 2.05) is 20.8 Å². The molecule has 0 aliphatic carbocycles. The molecule has 0 fully saturated rings. The van der Waals surface area contributed by atoms with E-state index in [1.54, 1.807) is 24.3 Å². The molecule has 1 aromatic rings. The van der Waals surface area contributed by atoms with E-state index >= 15 is 0 Å². The van der Waals surface area contributed by atoms with Crippen molar-refractivity contribution in [2.75, 3.05) is 13.1 Å². The molecule has 0 heterocycles. The van der Waals surface area contributed by atoms with E-state index in [9.17, 15) is 19.2 Å². The van der Waals surface area contributed by atoms with Crippen molar-refractivity contribution >= 4 is 23.9 Å². The maximum atomic E-state index is 11.9. The summed E-state index contributed by atoms with van der Waals surface area (Å²) >= 11 is 0. The van der Waals surface area contributed by atoms with Crippen molar-refractivity contribution in [3.05, 3.63) is 29.8 Å². The Morgan fingerprint density at radius 2 is 1.65 bits per heavy atom. The molecule has 1 aromatic carbocycles. The summed E-state index contributed by atoms with van der Waals surface area (Å²) in [7, 11) is 0. The number of rotatable bonds is 12. The molecule has 3 N–H and O–H groups in total. The van der Waals surface area contributed by atoms with Crippen LogP contribution in [0.5, 0.6) is 5.75 Å². The van der Waals surface area contributed by atoms with Gasteiger partial charge in [-0.05, 0) is 43.4 Å². The number of alkyl carbamates (subject to hydrolysis) is 1. The first-order valence-electron chi connectivity index (χ1n) is 10.5. The first-order valence-corrected chi connectivity index (χ1v) is 10.5. The first kappa shape index (κ1) is 25.9. The van der Waals surface area contributed by atoms with Gasteiger partial charge in [0.2, 0.25) is 5.91 Å². The lowest BCUT2D eigenvalue weighted by atomic mass is 10.0. The van der Waals surface area contributed by atoms with Gasteiger partial charge in [-0.1, -0.05) is 32.9 Å². The number of hydrogen-bond donors (Lipinski definition) is 3. The molecule has 0 bridgehead atoms. The average molecular weight is 436 g/mol. The van der Waals surface area contributed by atoms with Gasteiger partial charge in [-0.25, -0.2) is 9.59 Å². The van der Waals surface area contributed by atoms with Crippen LogP contribution in [0.15, 0.2) is 24.3 Å². The summed E-state index contributed by atoms with van der Waals surface area (Å²) in [6, 6.07) is 5.89. The molecule has 1 rings (SSSR count). The topological polar surface area (TPSA) is 123 Å². The fourth-order valence-electron chi connectivity index (χ4n) is 2.56. The normalized spacial score (nSPS) is 11.4. The zero-order chi connectivity index (χ0) is 23.2. The van der Waals surface area contributed by atoms with Crippen LogP contribution in [-0.2, 0) is 20.9 Å². The number of hydrogen-bond acceptors (Lipinski definition) is 6. The minimum Gasteiger partial charge on any atom is -0.445 e. The summed E-state index contributed by atoms with van der Waals surface area (Å²) in [6.45, 7) is 8.12. The Balaban J connectivity index is 2.37. The fraction of sp³-hybridized carbons (Fsp3) is 0.545. The van der Waals surface area contributed by atoms with Crippen LogP contribution in [0, 0.1) is 5.92 Å². The minimum absolute atomic E-state index is 0.0114. The second kappa shape index (κ2) is 14.0. The van der Waals surface area contributed by atoms with Gasteiger partial charge in [-0.15, -0.1) is 0 Å². The van der Waals surface area contributed by atoms with Crippen LogP contribution < -0.4 is 20.7 Å². The summed E-state index contributed by atoms with van der Waals surface area (Å²) in [6.07, 6.45) is 0.247. The monoisotopic (exact) mass is 435 g/mol. The van der Waals surface area contributed by atoms with Crippen LogP contribution in [0.1, 0.15) is 52.5 Å². The number of amides is 3. The van der Waals surface area contributed by atoms with Crippen molar-refractivity contribution in [2.45, 2.75) is 59.6 Å². The smallest absolute Gasteiger partial charge is 0.412 e. The van der Waals surface area contributed by atoms with Gasteiger partial charge in [0.1, 0.15) is 12.4 Å². The van der Waals surface area contributed by atoms with Crippen LogP contribution in [0.25, 0.3) is 0 Å². The molecule has 0 saturated heterocycles. The van der Waals surface area contributed by atoms with Gasteiger partial charge < -0.3 is 25.4 Å². The molecule has 0 aromatic heterocycles. The third kappa shape index (κ3) is 11.6. The molecule has 3 amide bonds. The quantitative estimate of drug-likeness (QED) is 0.464. The maximum absolute atomic E-state index is 11.9. The van der Waals surface area contributed by atoms with E-state index in [0.717, 1.165) is 6.42 Å². The van der Waals surface area contributed by atoms with Crippen molar-refractivity contribution < 1.29 is 28.7 Å². The molecule has 9 nitrogen and oxygen atoms in total. The van der Waals surface area contributed by atoms with Crippen molar-refractivity contribution in [3.63, 3.8) is 0 Å². The van der Waals surface area contributed by atoms with Crippen LogP contribution in [-0.4, -0.2) is 43.0 Å². The number of nitrogens with one attached hydrogen (secondary N) is 3. The van der Waals surface area contributed by atoms with E-state index in [4.69, 9.17) is 9.47 Å². The highest BCUT2D eigenvalue weighted by atomic mass is 16.6. The third-order valence-corrected chi connectivity index (χ3v) is 4.19. The van der Waals surface area contributed by atoms with Gasteiger partial charge >= 0.3 is 12.2 Å². The van der Waals surface area contributed by atoms with E-state index in [2.05, 4.69) is 16.0 Å². The summed E-state index contributed by atoms with van der Waals surface area (Å²) < 4.78 is 10.3. The predicted octanol–water partition coefficient (Wildman–Crippen LogP) is 2.92. The molecular weight excluding hydrogens is 402 g/mol. The van der Waals surface area contributed by atoms with Crippen LogP contribution in [0.3, 0.4) is 0 Å². The molecule has 31 heavy (non-hydrogen) atoms. The van der Waals surface area contributed by atoms with E-state index < -0.39 is 18.2 Å². The first-order chi connectivity index (χ1) is 14.7. The molecule has 0 aliphatic heterocycles. The number of Topliss-reactive ketones (excluding diaryl/α,β-unsaturated/α-hetero) is 1. The lowest BCUT2D eigenvalue weighted by Gasteiger charge is -2.17. The van der Waals surface area contributed by atoms with Gasteiger partial charge in [-0.3, -0.25) is 9.59 Å². The maximum Gasteiger partial charge on any atom is 0.412 e. The zero-order valence-corrected chi connectivity index (χ0v) is 18.7. The Hall–Kier alpha value is -3.10. The Labute approximate surface area is 183 Å². The number of ketones is 1. The van der Waals surface area contributed by atoms with Crippen LogP contribution in [0.4, 0.5) is 9.59 Å². The largest absolute Gasteiger partial charge is 0.445 e. The summed E-state index contributed by atoms with van der Waals surface area (Å²) in [5.41, 5.74) is 0.693. The summed E-state index contributed by atoms with van der Waals surface area (Å²) in [4.78, 5) is 46.8. The highest BCUT2D eigenvalue weighted by Gasteiger charge is 2.19. The molecule has 0 aliphatic rings. The second-order valence-electron chi connectivity index (χ2n) is 7.57. The Morgan fingerprint density at radius 1 is 0.968 bits per heavy atom. The van der Waals surface area contributed by atoms with Crippen molar-refractivity contribution in [2.24, 2.45) is 5.92 Å². The SMILES string of the molecule is CCCNC(=O)CCNC(=O)Oc1ccc(COC(=O)NC(CC(C)C)C(C)=O)cc1. The van der Waals surface area contributed by atoms with Gasteiger partial charge in [-0.2, -0.15) is 0 Å². The van der Waals surface area contributed by atoms with Gasteiger partial charge in [0.05, 0.1) is 6.04 Å². The predicted molar refractivity (Wildman–Crippen MR) is 116 cm³/mol. The average Bonchev–Trinajstić information content (AvgIpc) is 2.70. The van der Waals surface area contributed by atoms with Crippen molar-refractivity contribution in [3.8, 4) is 5.75 Å². The van der Waals surface area contributed by atoms with Crippen LogP contribution >= 0.6 is 0 Å². The molecule has 0 spiro atoms. The number of carbonyl (C=O) groups excluding carboxylic acids is 4. The molecule has 1 atom stereocenters. The molecule has 0 radical (unpaired) electrons. The Bertz CT molecular complexity index is 733. The Morgan fingerprint density at radius 3 is 2.23 bits per heavy atom. The Kier molecular flexibility index (Phi) is 11.7. The number of benzene rings is 1. The highest BCUT2D eigenvalue weighted by molar-refractivity contribution is 5.85. The van der Waals surface area contributed by atoms with Crippen LogP contribution in [0.2, 0.25) is 0 Å². The third-order valence-electron chi connectivity index (χ3n) is 4.19. The molecule has 1 unspecified atom stereocenters. The lowest BCUT2D eigenvalue weighted by Crippen LogP contribution is -2.40. The molecular formula is C22H33N3O6. The van der Waals surface area contributed by atoms with E-state index in [0.29, 0.717) is 24.3 Å². The molecule has 0 saturated carbocycles. The number of ether oxygens (including phenoxy) is 2. The molecule has 172 valence electrons. The zero-order valence-electron chi connectivity index (χ0n) is 18.7. The minimum atomic E-state index is -0.663. The van der Waals surface area contributed by atoms with E-state index in [-0.39, 0.29) is 37.2 Å². The summed E-state index contributed by atoms with van der Waals surface area (Å²) in [5, 5.41) is 7.80. The lowest BCUT2D eigenvalue weighted by molar-refractivity contribution is -0.121. The summed E-state index contributed by atoms with van der Waals surface area (Å²) in [5.74, 6) is 0.327. The second-order valence-corrected chi connectivity index (χ2v) is 7.57. The fourth-order valence-corrected chi connectivity index (χ4v) is 2.56. The van der Waals surface area contributed by atoms with Crippen molar-refractivity contribution in [1.29, 1.82) is 0 Å². The van der Waals surface area contributed by atoms with Gasteiger partial charge in [0, 0.05) is 19.5 Å². The van der Waals surface area contributed by atoms with Crippen molar-refractivity contribution in [1.82, 2.24) is 16.0 Å². The van der Waals surface area contributed by atoms with Gasteiger partial charge in [0.15, 0.2) is 5.78 Å². The van der Waals surface area contributed by atoms with Gasteiger partial charge in [0.25, 0.3) is 0 Å². The van der Waals surface area contributed by atoms with E-state index in [1.165, 1.54) is 6.92 Å². The standard InChI is InChI=1S/C22H33N3O6/c1-5-11-23-20(27)10-12-24-21(28)31-18-8-6-17(7-9-18)14-30-22(29)25-19(16(4)26)13-15(2)3/h6-9,15,19H,5,10-14H2,1-4H3,(H,23,27)(H,24,28)(H,25,29). The number of carbonyl (C=O) groups is 4.